The molecular formula is C13H28N2OS. The lowest BCUT2D eigenvalue weighted by Crippen LogP contribution is -2.53. The molecular weight excluding hydrogens is 232 g/mol. The highest BCUT2D eigenvalue weighted by Crippen LogP contribution is 2.15. The van der Waals surface area contributed by atoms with Crippen LogP contribution in [0.15, 0.2) is 0 Å². The summed E-state index contributed by atoms with van der Waals surface area (Å²) in [6.07, 6.45) is 5.44. The topological polar surface area (TPSA) is 55.1 Å². The lowest BCUT2D eigenvalue weighted by Gasteiger charge is -2.27. The van der Waals surface area contributed by atoms with Gasteiger partial charge >= 0.3 is 0 Å². The molecule has 1 unspecified atom stereocenters. The van der Waals surface area contributed by atoms with Crippen LogP contribution >= 0.6 is 11.8 Å². The molecule has 0 aliphatic rings. The Balaban J connectivity index is 3.81. The predicted octanol–water partition coefficient (Wildman–Crippen LogP) is 2.54. The van der Waals surface area contributed by atoms with Gasteiger partial charge in [-0.25, -0.2) is 0 Å². The first-order valence-electron chi connectivity index (χ1n) is 6.69. The molecule has 0 aromatic carbocycles. The lowest BCUT2D eigenvalue weighted by molar-refractivity contribution is -0.124. The van der Waals surface area contributed by atoms with Crippen LogP contribution in [-0.4, -0.2) is 29.5 Å². The lowest BCUT2D eigenvalue weighted by atomic mass is 9.95. The van der Waals surface area contributed by atoms with Crippen molar-refractivity contribution in [3.05, 3.63) is 0 Å². The van der Waals surface area contributed by atoms with Gasteiger partial charge in [0, 0.05) is 0 Å². The second-order valence-corrected chi connectivity index (χ2v) is 5.92. The van der Waals surface area contributed by atoms with Crippen LogP contribution in [0, 0.1) is 0 Å². The number of thioether (sulfide) groups is 1. The highest BCUT2D eigenvalue weighted by atomic mass is 32.2. The Labute approximate surface area is 110 Å². The van der Waals surface area contributed by atoms with Gasteiger partial charge < -0.3 is 11.1 Å². The molecule has 0 aliphatic heterocycles. The first kappa shape index (κ1) is 16.8. The van der Waals surface area contributed by atoms with Crippen molar-refractivity contribution in [1.29, 1.82) is 0 Å². The molecule has 4 heteroatoms. The largest absolute Gasteiger partial charge is 0.368 e. The highest BCUT2D eigenvalue weighted by molar-refractivity contribution is 7.99. The van der Waals surface area contributed by atoms with E-state index in [1.165, 1.54) is 18.6 Å². The van der Waals surface area contributed by atoms with Crippen LogP contribution in [0.5, 0.6) is 0 Å². The van der Waals surface area contributed by atoms with Crippen LogP contribution in [0.2, 0.25) is 0 Å². The maximum atomic E-state index is 11.4. The molecule has 3 nitrogen and oxygen atoms in total. The zero-order valence-electron chi connectivity index (χ0n) is 11.6. The summed E-state index contributed by atoms with van der Waals surface area (Å²) in [5.74, 6) is 2.12. The molecule has 102 valence electrons. The Morgan fingerprint density at radius 2 is 1.88 bits per heavy atom. The van der Waals surface area contributed by atoms with Crippen LogP contribution in [-0.2, 0) is 4.79 Å². The summed E-state index contributed by atoms with van der Waals surface area (Å²) in [5, 5.41) is 3.26. The summed E-state index contributed by atoms with van der Waals surface area (Å²) >= 11 is 1.97. The van der Waals surface area contributed by atoms with Crippen LogP contribution in [0.3, 0.4) is 0 Å². The van der Waals surface area contributed by atoms with E-state index in [0.717, 1.165) is 31.6 Å². The smallest absolute Gasteiger partial charge is 0.237 e. The molecule has 0 aromatic heterocycles. The van der Waals surface area contributed by atoms with Gasteiger partial charge in [0.25, 0.3) is 0 Å². The quantitative estimate of drug-likeness (QED) is 0.561. The van der Waals surface area contributed by atoms with Crippen LogP contribution in [0.25, 0.3) is 0 Å². The minimum atomic E-state index is -0.526. The van der Waals surface area contributed by atoms with Crippen LogP contribution in [0.1, 0.15) is 52.9 Å². The van der Waals surface area contributed by atoms with Crippen molar-refractivity contribution >= 4 is 17.7 Å². The maximum Gasteiger partial charge on any atom is 0.237 e. The average Bonchev–Trinajstić information content (AvgIpc) is 2.31. The molecule has 0 aliphatic carbocycles. The van der Waals surface area contributed by atoms with Gasteiger partial charge in [-0.3, -0.25) is 4.79 Å². The van der Waals surface area contributed by atoms with E-state index in [2.05, 4.69) is 19.2 Å². The van der Waals surface area contributed by atoms with Gasteiger partial charge in [-0.1, -0.05) is 20.3 Å². The first-order chi connectivity index (χ1) is 8.06. The molecule has 0 bridgehead atoms. The minimum absolute atomic E-state index is 0.232. The number of rotatable bonds is 11. The fraction of sp³-hybridized carbons (Fsp3) is 0.923. The van der Waals surface area contributed by atoms with Crippen molar-refractivity contribution in [3.63, 3.8) is 0 Å². The van der Waals surface area contributed by atoms with E-state index in [0.29, 0.717) is 0 Å². The minimum Gasteiger partial charge on any atom is -0.368 e. The van der Waals surface area contributed by atoms with E-state index >= 15 is 0 Å². The molecule has 3 N–H and O–H groups in total. The second-order valence-electron chi connectivity index (χ2n) is 4.69. The summed E-state index contributed by atoms with van der Waals surface area (Å²) < 4.78 is 0. The Morgan fingerprint density at radius 1 is 1.24 bits per heavy atom. The van der Waals surface area contributed by atoms with Crippen molar-refractivity contribution in [1.82, 2.24) is 5.32 Å². The summed E-state index contributed by atoms with van der Waals surface area (Å²) in [6.45, 7) is 7.07. The van der Waals surface area contributed by atoms with Crippen molar-refractivity contribution < 1.29 is 4.79 Å². The van der Waals surface area contributed by atoms with Gasteiger partial charge in [-0.15, -0.1) is 0 Å². The number of primary amides is 1. The number of carbonyl (C=O) groups excluding carboxylic acids is 1. The number of amides is 1. The number of nitrogens with one attached hydrogen (secondary N) is 1. The van der Waals surface area contributed by atoms with Crippen molar-refractivity contribution in [2.75, 3.05) is 18.1 Å². The van der Waals surface area contributed by atoms with Gasteiger partial charge in [0.15, 0.2) is 0 Å². The molecule has 0 radical (unpaired) electrons. The van der Waals surface area contributed by atoms with Gasteiger partial charge in [-0.2, -0.15) is 11.8 Å². The van der Waals surface area contributed by atoms with E-state index in [4.69, 9.17) is 5.73 Å². The standard InChI is InChI=1S/C13H28N2OS/c1-4-6-10-17-11-7-8-13(3,12(14)16)15-9-5-2/h15H,4-11H2,1-3H3,(H2,14,16). The fourth-order valence-corrected chi connectivity index (χ4v) is 2.62. The molecule has 17 heavy (non-hydrogen) atoms. The van der Waals surface area contributed by atoms with E-state index in [-0.39, 0.29) is 5.91 Å². The van der Waals surface area contributed by atoms with E-state index in [9.17, 15) is 4.79 Å². The van der Waals surface area contributed by atoms with Gasteiger partial charge in [0.05, 0.1) is 5.54 Å². The monoisotopic (exact) mass is 260 g/mol. The van der Waals surface area contributed by atoms with Crippen LogP contribution in [0.4, 0.5) is 0 Å². The third-order valence-corrected chi connectivity index (χ3v) is 4.07. The molecule has 0 saturated heterocycles. The number of nitrogens with two attached hydrogens (primary N) is 1. The molecule has 0 fully saturated rings. The average molecular weight is 260 g/mol. The fourth-order valence-electron chi connectivity index (χ4n) is 1.58. The first-order valence-corrected chi connectivity index (χ1v) is 7.85. The normalized spacial score (nSPS) is 14.5. The molecule has 0 aromatic rings. The predicted molar refractivity (Wildman–Crippen MR) is 77.4 cm³/mol. The number of hydrogen-bond acceptors (Lipinski definition) is 3. The molecule has 0 rings (SSSR count). The Morgan fingerprint density at radius 3 is 2.41 bits per heavy atom. The zero-order chi connectivity index (χ0) is 13.1. The zero-order valence-corrected chi connectivity index (χ0v) is 12.4. The second kappa shape index (κ2) is 9.77. The molecule has 0 saturated carbocycles. The number of unbranched alkanes of at least 4 members (excludes halogenated alkanes) is 1. The van der Waals surface area contributed by atoms with Crippen LogP contribution < -0.4 is 11.1 Å². The molecule has 0 heterocycles. The van der Waals surface area contributed by atoms with Gasteiger partial charge in [-0.05, 0) is 50.7 Å². The summed E-state index contributed by atoms with van der Waals surface area (Å²) in [4.78, 5) is 11.4. The third-order valence-electron chi connectivity index (χ3n) is 2.92. The number of hydrogen-bond donors (Lipinski definition) is 2. The Kier molecular flexibility index (Phi) is 9.65. The van der Waals surface area contributed by atoms with Crippen molar-refractivity contribution in [2.45, 2.75) is 58.4 Å². The molecule has 1 atom stereocenters. The van der Waals surface area contributed by atoms with E-state index in [1.807, 2.05) is 18.7 Å². The summed E-state index contributed by atoms with van der Waals surface area (Å²) in [5.41, 5.74) is 4.94. The van der Waals surface area contributed by atoms with Crippen molar-refractivity contribution in [3.8, 4) is 0 Å². The van der Waals surface area contributed by atoms with Crippen molar-refractivity contribution in [2.24, 2.45) is 5.73 Å². The summed E-state index contributed by atoms with van der Waals surface area (Å²) in [6, 6.07) is 0. The number of carbonyl (C=O) groups is 1. The summed E-state index contributed by atoms with van der Waals surface area (Å²) in [7, 11) is 0. The molecule has 0 spiro atoms. The SMILES string of the molecule is CCCCSCCCC(C)(NCCC)C(N)=O. The van der Waals surface area contributed by atoms with E-state index in [1.54, 1.807) is 0 Å². The molecule has 1 amide bonds. The van der Waals surface area contributed by atoms with Gasteiger partial charge in [0.1, 0.15) is 0 Å². The Bertz CT molecular complexity index is 212. The third kappa shape index (κ3) is 7.66. The highest BCUT2D eigenvalue weighted by Gasteiger charge is 2.29. The Hall–Kier alpha value is -0.220. The maximum absolute atomic E-state index is 11.4. The van der Waals surface area contributed by atoms with E-state index < -0.39 is 5.54 Å². The van der Waals surface area contributed by atoms with Gasteiger partial charge in [0.2, 0.25) is 5.91 Å².